The molecule has 0 radical (unpaired) electrons. The fraction of sp³-hybridized carbons (Fsp3) is 0.743. The Morgan fingerprint density at radius 1 is 0.951 bits per heavy atom. The molecule has 2 N–H and O–H groups in total. The largest absolute Gasteiger partial charge is 0.480 e. The fourth-order valence-corrected chi connectivity index (χ4v) is 9.41. The lowest BCUT2D eigenvalue weighted by Crippen LogP contribution is -2.53. The second kappa shape index (κ2) is 12.6. The maximum Gasteiger partial charge on any atom is 0.326 e. The van der Waals surface area contributed by atoms with Crippen molar-refractivity contribution in [3.8, 4) is 0 Å². The van der Waals surface area contributed by atoms with Crippen LogP contribution < -0.4 is 5.32 Å². The number of carboxylic acids is 1. The normalized spacial score (nSPS) is 36.0. The van der Waals surface area contributed by atoms with Crippen molar-refractivity contribution < 1.29 is 24.2 Å². The molecule has 8 unspecified atom stereocenters. The first-order valence-electron chi connectivity index (χ1n) is 16.0. The molecule has 8 atom stereocenters. The Kier molecular flexibility index (Phi) is 9.72. The van der Waals surface area contributed by atoms with Crippen LogP contribution in [0.25, 0.3) is 0 Å². The van der Waals surface area contributed by atoms with E-state index >= 15 is 0 Å². The van der Waals surface area contributed by atoms with Gasteiger partial charge in [-0.25, -0.2) is 0 Å². The first-order valence-corrected chi connectivity index (χ1v) is 16.0. The topological polar surface area (TPSA) is 92.7 Å². The van der Waals surface area contributed by atoms with Gasteiger partial charge >= 0.3 is 11.9 Å². The minimum atomic E-state index is -1.02. The smallest absolute Gasteiger partial charge is 0.326 e. The molecule has 0 saturated heterocycles. The number of ether oxygens (including phenoxy) is 1. The summed E-state index contributed by atoms with van der Waals surface area (Å²) >= 11 is 0. The number of fused-ring (bicyclic) bond motifs is 5. The Labute approximate surface area is 247 Å². The second-order valence-electron chi connectivity index (χ2n) is 14.8. The highest BCUT2D eigenvalue weighted by Gasteiger charge is 2.60. The molecule has 228 valence electrons. The number of Topliss-reactive ketones (excluding diaryl/α,β-unsaturated/α-hetero) is 1. The van der Waals surface area contributed by atoms with Crippen LogP contribution in [0.15, 0.2) is 30.3 Å². The average molecular weight is 568 g/mol. The third kappa shape index (κ3) is 6.73. The number of hydrogen-bond acceptors (Lipinski definition) is 5. The molecular formula is C35H53NO5. The Bertz CT molecular complexity index is 1090. The van der Waals surface area contributed by atoms with Gasteiger partial charge in [0, 0.05) is 5.92 Å². The number of hydrogen-bond donors (Lipinski definition) is 2. The molecule has 41 heavy (non-hydrogen) atoms. The summed E-state index contributed by atoms with van der Waals surface area (Å²) in [4.78, 5) is 34.4. The SMILES string of the molecule is CC(=O)C1CCC2C3CCC4CC(C)CCC4(C)C3CCC12C.CC(C)(NCC(=O)O)C(=O)OCc1ccccc1. The molecule has 4 aliphatic carbocycles. The summed E-state index contributed by atoms with van der Waals surface area (Å²) in [5.74, 6) is 4.00. The molecule has 1 aromatic rings. The van der Waals surface area contributed by atoms with Crippen molar-refractivity contribution in [2.24, 2.45) is 46.3 Å². The van der Waals surface area contributed by atoms with Crippen LogP contribution in [0.3, 0.4) is 0 Å². The molecule has 4 aliphatic rings. The van der Waals surface area contributed by atoms with Crippen molar-refractivity contribution in [3.05, 3.63) is 35.9 Å². The molecule has 6 nitrogen and oxygen atoms in total. The number of benzene rings is 1. The number of aliphatic carboxylic acids is 1. The van der Waals surface area contributed by atoms with Gasteiger partial charge in [-0.05, 0) is 118 Å². The van der Waals surface area contributed by atoms with Crippen LogP contribution in [-0.2, 0) is 25.7 Å². The first kappa shape index (κ1) is 31.7. The van der Waals surface area contributed by atoms with Gasteiger partial charge in [-0.3, -0.25) is 19.7 Å². The van der Waals surface area contributed by atoms with Crippen molar-refractivity contribution in [1.29, 1.82) is 0 Å². The average Bonchev–Trinajstić information content (AvgIpc) is 3.29. The standard InChI is InChI=1S/C22H36O.C13H17NO4/c1-14-9-11-21(3)16(13-14)5-6-17-19-8-7-18(15(2)23)22(19,4)12-10-20(17)21;1-13(2,14-8-11(15)16)12(17)18-9-10-6-4-3-5-7-10/h14,16-20H,5-13H2,1-4H3;3-7,14H,8-9H2,1-2H3,(H,15,16). The molecule has 0 aliphatic heterocycles. The van der Waals surface area contributed by atoms with Gasteiger partial charge in [-0.1, -0.05) is 57.5 Å². The summed E-state index contributed by atoms with van der Waals surface area (Å²) in [6.07, 6.45) is 12.6. The number of ketones is 1. The fourth-order valence-electron chi connectivity index (χ4n) is 9.41. The Hall–Kier alpha value is -2.21. The zero-order valence-corrected chi connectivity index (χ0v) is 26.2. The zero-order valence-electron chi connectivity index (χ0n) is 26.2. The van der Waals surface area contributed by atoms with E-state index in [9.17, 15) is 14.4 Å². The number of nitrogens with one attached hydrogen (secondary N) is 1. The van der Waals surface area contributed by atoms with E-state index in [0.717, 1.165) is 35.2 Å². The highest BCUT2D eigenvalue weighted by molar-refractivity contribution is 5.81. The summed E-state index contributed by atoms with van der Waals surface area (Å²) in [7, 11) is 0. The quantitative estimate of drug-likeness (QED) is 0.343. The van der Waals surface area contributed by atoms with Crippen molar-refractivity contribution in [2.45, 2.75) is 111 Å². The second-order valence-corrected chi connectivity index (χ2v) is 14.8. The summed E-state index contributed by atoms with van der Waals surface area (Å²) in [6, 6.07) is 9.30. The summed E-state index contributed by atoms with van der Waals surface area (Å²) in [5, 5.41) is 11.2. The minimum absolute atomic E-state index is 0.178. The highest BCUT2D eigenvalue weighted by Crippen LogP contribution is 2.67. The minimum Gasteiger partial charge on any atom is -0.480 e. The molecule has 0 heterocycles. The van der Waals surface area contributed by atoms with Gasteiger partial charge in [0.1, 0.15) is 17.9 Å². The van der Waals surface area contributed by atoms with Gasteiger partial charge in [0.15, 0.2) is 0 Å². The lowest BCUT2D eigenvalue weighted by Gasteiger charge is -2.61. The predicted octanol–water partition coefficient (Wildman–Crippen LogP) is 7.05. The third-order valence-electron chi connectivity index (χ3n) is 11.8. The van der Waals surface area contributed by atoms with Crippen LogP contribution in [-0.4, -0.2) is 34.9 Å². The van der Waals surface area contributed by atoms with E-state index in [1.54, 1.807) is 13.8 Å². The first-order chi connectivity index (χ1) is 19.3. The molecule has 0 amide bonds. The van der Waals surface area contributed by atoms with Gasteiger partial charge in [0.25, 0.3) is 0 Å². The van der Waals surface area contributed by atoms with Gasteiger partial charge in [0.05, 0.1) is 6.54 Å². The molecule has 0 bridgehead atoms. The molecule has 4 saturated carbocycles. The molecule has 6 heteroatoms. The number of rotatable bonds is 7. The lowest BCUT2D eigenvalue weighted by atomic mass is 9.44. The summed E-state index contributed by atoms with van der Waals surface area (Å²) < 4.78 is 5.13. The van der Waals surface area contributed by atoms with Crippen molar-refractivity contribution in [1.82, 2.24) is 5.32 Å². The van der Waals surface area contributed by atoms with E-state index in [2.05, 4.69) is 26.1 Å². The van der Waals surface area contributed by atoms with Crippen LogP contribution in [0.2, 0.25) is 0 Å². The number of carboxylic acid groups (broad SMARTS) is 1. The van der Waals surface area contributed by atoms with Gasteiger partial charge < -0.3 is 9.84 Å². The monoisotopic (exact) mass is 567 g/mol. The van der Waals surface area contributed by atoms with Crippen molar-refractivity contribution >= 4 is 17.7 Å². The molecular weight excluding hydrogens is 514 g/mol. The van der Waals surface area contributed by atoms with Crippen LogP contribution in [0.1, 0.15) is 105 Å². The lowest BCUT2D eigenvalue weighted by molar-refractivity contribution is -0.152. The van der Waals surface area contributed by atoms with Crippen LogP contribution in [0.5, 0.6) is 0 Å². The van der Waals surface area contributed by atoms with Crippen LogP contribution in [0.4, 0.5) is 0 Å². The van der Waals surface area contributed by atoms with Crippen molar-refractivity contribution in [3.63, 3.8) is 0 Å². The third-order valence-corrected chi connectivity index (χ3v) is 11.8. The van der Waals surface area contributed by atoms with E-state index in [1.807, 2.05) is 37.3 Å². The highest BCUT2D eigenvalue weighted by atomic mass is 16.5. The van der Waals surface area contributed by atoms with E-state index in [0.29, 0.717) is 22.5 Å². The number of carbonyl (C=O) groups is 3. The Morgan fingerprint density at radius 2 is 1.61 bits per heavy atom. The molecule has 5 rings (SSSR count). The predicted molar refractivity (Wildman–Crippen MR) is 161 cm³/mol. The molecule has 0 aromatic heterocycles. The van der Waals surface area contributed by atoms with Crippen molar-refractivity contribution in [2.75, 3.05) is 6.54 Å². The maximum absolute atomic E-state index is 12.2. The number of esters is 1. The van der Waals surface area contributed by atoms with Gasteiger partial charge in [-0.15, -0.1) is 0 Å². The Morgan fingerprint density at radius 3 is 2.27 bits per heavy atom. The van der Waals surface area contributed by atoms with E-state index in [-0.39, 0.29) is 13.2 Å². The van der Waals surface area contributed by atoms with E-state index < -0.39 is 17.5 Å². The summed E-state index contributed by atoms with van der Waals surface area (Å²) in [6.45, 7) is 12.5. The van der Waals surface area contributed by atoms with E-state index in [4.69, 9.17) is 9.84 Å². The Balaban J connectivity index is 0.000000196. The zero-order chi connectivity index (χ0) is 30.0. The number of carbonyl (C=O) groups excluding carboxylic acids is 2. The summed E-state index contributed by atoms with van der Waals surface area (Å²) in [5.41, 5.74) is 0.816. The van der Waals surface area contributed by atoms with E-state index in [1.165, 1.54) is 57.8 Å². The molecule has 4 fully saturated rings. The molecule has 0 spiro atoms. The molecule has 1 aromatic carbocycles. The maximum atomic E-state index is 12.2. The van der Waals surface area contributed by atoms with Gasteiger partial charge in [-0.2, -0.15) is 0 Å². The van der Waals surface area contributed by atoms with Crippen LogP contribution >= 0.6 is 0 Å². The van der Waals surface area contributed by atoms with Gasteiger partial charge in [0.2, 0.25) is 0 Å². The van der Waals surface area contributed by atoms with Crippen LogP contribution in [0, 0.1) is 46.3 Å².